The molecule has 0 bridgehead atoms. The average molecular weight is 403 g/mol. The predicted octanol–water partition coefficient (Wildman–Crippen LogP) is 0.688. The fraction of sp³-hybridized carbons (Fsp3) is 0.529. The zero-order valence-corrected chi connectivity index (χ0v) is 16.1. The van der Waals surface area contributed by atoms with Gasteiger partial charge in [-0.15, -0.1) is 0 Å². The Balaban J connectivity index is 1.66. The molecule has 1 aliphatic rings. The largest absolute Gasteiger partial charge is 0.435 e. The number of carbonyl (C=O) groups excluding carboxylic acids is 1. The van der Waals surface area contributed by atoms with Gasteiger partial charge in [0.05, 0.1) is 13.0 Å². The molecule has 1 fully saturated rings. The number of amides is 1. The molecule has 4 N–H and O–H groups in total. The van der Waals surface area contributed by atoms with Crippen molar-refractivity contribution >= 4 is 28.9 Å². The second-order valence-corrected chi connectivity index (χ2v) is 6.85. The van der Waals surface area contributed by atoms with Crippen LogP contribution in [0.4, 0.5) is 14.5 Å². The first-order chi connectivity index (χ1) is 12.8. The van der Waals surface area contributed by atoms with Crippen molar-refractivity contribution in [3.05, 3.63) is 24.3 Å². The number of quaternary nitrogens is 1. The van der Waals surface area contributed by atoms with Gasteiger partial charge in [0.15, 0.2) is 5.11 Å². The summed E-state index contributed by atoms with van der Waals surface area (Å²) in [6, 6.07) is 5.86. The minimum absolute atomic E-state index is 0.0528. The van der Waals surface area contributed by atoms with Crippen LogP contribution in [0.5, 0.6) is 5.75 Å². The van der Waals surface area contributed by atoms with Crippen molar-refractivity contribution in [2.45, 2.75) is 39.1 Å². The summed E-state index contributed by atoms with van der Waals surface area (Å²) < 4.78 is 34.2. The Kier molecular flexibility index (Phi) is 8.14. The summed E-state index contributed by atoms with van der Waals surface area (Å²) in [7, 11) is 0. The van der Waals surface area contributed by atoms with Crippen molar-refractivity contribution in [1.29, 1.82) is 0 Å². The SMILES string of the molecule is C[C@@H]1C[NH+](CCC(=O)NNC(=S)Nc2ccc(OC(F)F)cc2)C[C@H](C)O1. The van der Waals surface area contributed by atoms with Crippen LogP contribution in [0.3, 0.4) is 0 Å². The summed E-state index contributed by atoms with van der Waals surface area (Å²) >= 11 is 5.09. The van der Waals surface area contributed by atoms with E-state index in [-0.39, 0.29) is 29.0 Å². The normalized spacial score (nSPS) is 22.2. The molecule has 1 unspecified atom stereocenters. The fourth-order valence-electron chi connectivity index (χ4n) is 2.95. The summed E-state index contributed by atoms with van der Waals surface area (Å²) in [6.07, 6.45) is 0.753. The van der Waals surface area contributed by atoms with Gasteiger partial charge in [0.1, 0.15) is 31.0 Å². The lowest BCUT2D eigenvalue weighted by Crippen LogP contribution is -3.15. The molecule has 7 nitrogen and oxygen atoms in total. The maximum Gasteiger partial charge on any atom is 0.387 e. The monoisotopic (exact) mass is 403 g/mol. The number of thiocarbonyl (C=S) groups is 1. The Labute approximate surface area is 162 Å². The predicted molar refractivity (Wildman–Crippen MR) is 101 cm³/mol. The first-order valence-corrected chi connectivity index (χ1v) is 9.12. The number of morpholine rings is 1. The number of anilines is 1. The molecule has 27 heavy (non-hydrogen) atoms. The van der Waals surface area contributed by atoms with Crippen molar-refractivity contribution in [2.24, 2.45) is 0 Å². The number of nitrogens with one attached hydrogen (secondary N) is 4. The zero-order valence-electron chi connectivity index (χ0n) is 15.3. The van der Waals surface area contributed by atoms with Crippen LogP contribution < -0.4 is 25.8 Å². The number of hydrogen-bond acceptors (Lipinski definition) is 4. The van der Waals surface area contributed by atoms with E-state index >= 15 is 0 Å². The number of ether oxygens (including phenoxy) is 2. The van der Waals surface area contributed by atoms with E-state index in [4.69, 9.17) is 17.0 Å². The smallest absolute Gasteiger partial charge is 0.387 e. The fourth-order valence-corrected chi connectivity index (χ4v) is 3.12. The molecule has 0 spiro atoms. The molecule has 3 atom stereocenters. The number of benzene rings is 1. The molecule has 1 amide bonds. The highest BCUT2D eigenvalue weighted by Gasteiger charge is 2.25. The van der Waals surface area contributed by atoms with Crippen LogP contribution in [0.1, 0.15) is 20.3 Å². The van der Waals surface area contributed by atoms with Gasteiger partial charge in [0.25, 0.3) is 0 Å². The Morgan fingerprint density at radius 3 is 2.48 bits per heavy atom. The second kappa shape index (κ2) is 10.3. The number of rotatable bonds is 6. The topological polar surface area (TPSA) is 76.1 Å². The standard InChI is InChI=1S/C17H24F2N4O3S/c1-11-9-23(10-12(2)25-11)8-7-15(24)21-22-17(27)20-13-3-5-14(6-4-13)26-16(18)19/h3-6,11-12,16H,7-10H2,1-2H3,(H,21,24)(H2,20,22,27)/p+1/t11-,12+. The molecule has 1 heterocycles. The third-order valence-electron chi connectivity index (χ3n) is 3.98. The highest BCUT2D eigenvalue weighted by molar-refractivity contribution is 7.80. The van der Waals surface area contributed by atoms with Crippen LogP contribution in [0.15, 0.2) is 24.3 Å². The van der Waals surface area contributed by atoms with Gasteiger partial charge >= 0.3 is 6.61 Å². The maximum atomic E-state index is 12.1. The van der Waals surface area contributed by atoms with Gasteiger partial charge in [-0.3, -0.25) is 15.6 Å². The van der Waals surface area contributed by atoms with Crippen LogP contribution in [-0.4, -0.2) is 49.5 Å². The number of hydrogen-bond donors (Lipinski definition) is 4. The van der Waals surface area contributed by atoms with E-state index in [0.717, 1.165) is 19.6 Å². The van der Waals surface area contributed by atoms with Crippen LogP contribution in [0.25, 0.3) is 0 Å². The van der Waals surface area contributed by atoms with E-state index in [1.54, 1.807) is 0 Å². The molecule has 2 rings (SSSR count). The summed E-state index contributed by atoms with van der Waals surface area (Å²) in [5, 5.41) is 3.02. The lowest BCUT2D eigenvalue weighted by atomic mass is 10.2. The van der Waals surface area contributed by atoms with Gasteiger partial charge in [0.2, 0.25) is 5.91 Å². The number of carbonyl (C=O) groups is 1. The lowest BCUT2D eigenvalue weighted by Gasteiger charge is -2.32. The van der Waals surface area contributed by atoms with Crippen molar-refractivity contribution in [3.63, 3.8) is 0 Å². The highest BCUT2D eigenvalue weighted by Crippen LogP contribution is 2.17. The molecule has 1 aromatic carbocycles. The van der Waals surface area contributed by atoms with Gasteiger partial charge in [0, 0.05) is 5.69 Å². The zero-order chi connectivity index (χ0) is 19.8. The molecule has 1 aliphatic heterocycles. The Morgan fingerprint density at radius 2 is 1.89 bits per heavy atom. The molecule has 150 valence electrons. The third-order valence-corrected chi connectivity index (χ3v) is 4.18. The molecule has 0 radical (unpaired) electrons. The van der Waals surface area contributed by atoms with E-state index < -0.39 is 6.61 Å². The Bertz CT molecular complexity index is 623. The third kappa shape index (κ3) is 8.02. The van der Waals surface area contributed by atoms with E-state index in [1.807, 2.05) is 13.8 Å². The number of halogens is 2. The minimum Gasteiger partial charge on any atom is -0.435 e. The molecule has 0 aromatic heterocycles. The van der Waals surface area contributed by atoms with Crippen molar-refractivity contribution in [2.75, 3.05) is 25.0 Å². The molecule has 0 saturated carbocycles. The van der Waals surface area contributed by atoms with Gasteiger partial charge in [-0.05, 0) is 50.3 Å². The second-order valence-electron chi connectivity index (χ2n) is 6.45. The summed E-state index contributed by atoms with van der Waals surface area (Å²) in [5.41, 5.74) is 5.73. The van der Waals surface area contributed by atoms with Gasteiger partial charge in [-0.2, -0.15) is 8.78 Å². The first-order valence-electron chi connectivity index (χ1n) is 8.71. The molecular formula is C17H25F2N4O3S+. The average Bonchev–Trinajstić information content (AvgIpc) is 2.58. The molecule has 1 saturated heterocycles. The van der Waals surface area contributed by atoms with Crippen LogP contribution >= 0.6 is 12.2 Å². The quantitative estimate of drug-likeness (QED) is 0.414. The molecule has 0 aliphatic carbocycles. The highest BCUT2D eigenvalue weighted by atomic mass is 32.1. The summed E-state index contributed by atoms with van der Waals surface area (Å²) in [5.74, 6) is -0.115. The van der Waals surface area contributed by atoms with E-state index in [2.05, 4.69) is 20.9 Å². The van der Waals surface area contributed by atoms with Crippen molar-refractivity contribution < 1.29 is 27.9 Å². The van der Waals surface area contributed by atoms with Crippen LogP contribution in [-0.2, 0) is 9.53 Å². The van der Waals surface area contributed by atoms with Gasteiger partial charge < -0.3 is 19.7 Å². The molecule has 1 aromatic rings. The summed E-state index contributed by atoms with van der Waals surface area (Å²) in [6.45, 7) is 3.69. The van der Waals surface area contributed by atoms with Crippen LogP contribution in [0.2, 0.25) is 0 Å². The van der Waals surface area contributed by atoms with E-state index in [9.17, 15) is 13.6 Å². The Hall–Kier alpha value is -2.04. The summed E-state index contributed by atoms with van der Waals surface area (Å²) in [4.78, 5) is 13.3. The number of hydrazine groups is 1. The van der Waals surface area contributed by atoms with Crippen molar-refractivity contribution in [3.8, 4) is 5.75 Å². The molecular weight excluding hydrogens is 378 g/mol. The first kappa shape index (κ1) is 21.3. The molecule has 10 heteroatoms. The van der Waals surface area contributed by atoms with E-state index in [0.29, 0.717) is 12.1 Å². The number of alkyl halides is 2. The van der Waals surface area contributed by atoms with Gasteiger partial charge in [-0.25, -0.2) is 0 Å². The lowest BCUT2D eigenvalue weighted by molar-refractivity contribution is -0.914. The van der Waals surface area contributed by atoms with Gasteiger partial charge in [-0.1, -0.05) is 0 Å². The maximum absolute atomic E-state index is 12.1. The van der Waals surface area contributed by atoms with E-state index in [1.165, 1.54) is 29.2 Å². The minimum atomic E-state index is -2.87. The van der Waals surface area contributed by atoms with Crippen molar-refractivity contribution in [1.82, 2.24) is 10.9 Å². The van der Waals surface area contributed by atoms with Crippen LogP contribution in [0, 0.1) is 0 Å². The Morgan fingerprint density at radius 1 is 1.26 bits per heavy atom.